The first-order valence-corrected chi connectivity index (χ1v) is 10.1. The number of piperazine rings is 1. The molecule has 30 heavy (non-hydrogen) atoms. The van der Waals surface area contributed by atoms with Gasteiger partial charge in [0.05, 0.1) is 17.1 Å². The molecule has 154 valence electrons. The number of hydrogen-bond donors (Lipinski definition) is 1. The monoisotopic (exact) mass is 403 g/mol. The van der Waals surface area contributed by atoms with Gasteiger partial charge in [-0.15, -0.1) is 0 Å². The smallest absolute Gasteiger partial charge is 0.267 e. The number of aromatic nitrogens is 2. The summed E-state index contributed by atoms with van der Waals surface area (Å²) < 4.78 is 1.20. The quantitative estimate of drug-likeness (QED) is 0.708. The van der Waals surface area contributed by atoms with E-state index in [2.05, 4.69) is 27.3 Å². The highest BCUT2D eigenvalue weighted by atomic mass is 16.2. The molecule has 1 aromatic heterocycles. The highest BCUT2D eigenvalue weighted by molar-refractivity contribution is 5.94. The summed E-state index contributed by atoms with van der Waals surface area (Å²) in [6, 6.07) is 20.5. The lowest BCUT2D eigenvalue weighted by atomic mass is 10.1. The molecule has 0 saturated carbocycles. The minimum Gasteiger partial charge on any atom is -0.367 e. The van der Waals surface area contributed by atoms with Crippen LogP contribution in [-0.4, -0.2) is 53.8 Å². The van der Waals surface area contributed by atoms with Crippen molar-refractivity contribution >= 4 is 17.3 Å². The zero-order chi connectivity index (χ0) is 20.9. The van der Waals surface area contributed by atoms with Crippen LogP contribution in [0.1, 0.15) is 0 Å². The molecule has 7 heteroatoms. The summed E-state index contributed by atoms with van der Waals surface area (Å²) in [5.41, 5.74) is 2.99. The van der Waals surface area contributed by atoms with Crippen LogP contribution in [0.25, 0.3) is 11.3 Å². The van der Waals surface area contributed by atoms with Crippen LogP contribution in [0.5, 0.6) is 0 Å². The first kappa shape index (κ1) is 19.8. The molecule has 4 rings (SSSR count). The van der Waals surface area contributed by atoms with Gasteiger partial charge in [0.1, 0.15) is 6.54 Å². The molecule has 1 aliphatic rings. The fourth-order valence-electron chi connectivity index (χ4n) is 3.55. The van der Waals surface area contributed by atoms with Crippen molar-refractivity contribution in [2.24, 2.45) is 0 Å². The third-order valence-corrected chi connectivity index (χ3v) is 5.25. The number of anilines is 2. The molecule has 2 aromatic carbocycles. The van der Waals surface area contributed by atoms with Crippen molar-refractivity contribution in [3.8, 4) is 11.3 Å². The lowest BCUT2D eigenvalue weighted by Gasteiger charge is -2.35. The van der Waals surface area contributed by atoms with E-state index in [1.54, 1.807) is 6.07 Å². The fraction of sp³-hybridized carbons (Fsp3) is 0.261. The number of rotatable bonds is 5. The Balaban J connectivity index is 1.50. The number of carbonyl (C=O) groups excluding carboxylic acids is 1. The third-order valence-electron chi connectivity index (χ3n) is 5.25. The Kier molecular flexibility index (Phi) is 5.90. The summed E-state index contributed by atoms with van der Waals surface area (Å²) >= 11 is 0. The number of amides is 1. The van der Waals surface area contributed by atoms with Gasteiger partial charge in [-0.3, -0.25) is 9.59 Å². The Labute approximate surface area is 175 Å². The molecule has 2 heterocycles. The van der Waals surface area contributed by atoms with Gasteiger partial charge in [0.25, 0.3) is 5.56 Å². The summed E-state index contributed by atoms with van der Waals surface area (Å²) in [4.78, 5) is 29.5. The van der Waals surface area contributed by atoms with Gasteiger partial charge < -0.3 is 15.1 Å². The van der Waals surface area contributed by atoms with E-state index in [1.807, 2.05) is 54.6 Å². The zero-order valence-corrected chi connectivity index (χ0v) is 17.0. The average Bonchev–Trinajstić information content (AvgIpc) is 2.77. The topological polar surface area (TPSA) is 70.5 Å². The van der Waals surface area contributed by atoms with Crippen molar-refractivity contribution in [1.82, 2.24) is 14.7 Å². The molecule has 0 aliphatic carbocycles. The first-order valence-electron chi connectivity index (χ1n) is 10.1. The lowest BCUT2D eigenvalue weighted by Crippen LogP contribution is -2.44. The molecule has 7 nitrogen and oxygen atoms in total. The van der Waals surface area contributed by atoms with Crippen LogP contribution in [0, 0.1) is 0 Å². The van der Waals surface area contributed by atoms with E-state index in [0.717, 1.165) is 43.1 Å². The Hall–Kier alpha value is -3.45. The predicted octanol–water partition coefficient (Wildman–Crippen LogP) is 2.30. The van der Waals surface area contributed by atoms with E-state index >= 15 is 0 Å². The molecule has 0 radical (unpaired) electrons. The Morgan fingerprint density at radius 1 is 0.933 bits per heavy atom. The maximum Gasteiger partial charge on any atom is 0.267 e. The molecule has 0 bridgehead atoms. The largest absolute Gasteiger partial charge is 0.367 e. The van der Waals surface area contributed by atoms with Crippen LogP contribution in [0.3, 0.4) is 0 Å². The second kappa shape index (κ2) is 8.92. The maximum absolute atomic E-state index is 12.7. The van der Waals surface area contributed by atoms with E-state index in [0.29, 0.717) is 5.69 Å². The minimum atomic E-state index is -0.308. The normalized spacial score (nSPS) is 14.5. The SMILES string of the molecule is CN1CCN(c2ccccc2NC(=O)Cn2nc(-c3ccccc3)ccc2=O)CC1. The highest BCUT2D eigenvalue weighted by Crippen LogP contribution is 2.26. The van der Waals surface area contributed by atoms with Crippen LogP contribution in [0.4, 0.5) is 11.4 Å². The molecule has 0 spiro atoms. The zero-order valence-electron chi connectivity index (χ0n) is 17.0. The first-order chi connectivity index (χ1) is 14.6. The average molecular weight is 403 g/mol. The molecular weight excluding hydrogens is 378 g/mol. The Morgan fingerprint density at radius 2 is 1.63 bits per heavy atom. The van der Waals surface area contributed by atoms with Gasteiger partial charge in [-0.2, -0.15) is 5.10 Å². The summed E-state index contributed by atoms with van der Waals surface area (Å²) in [6.45, 7) is 3.63. The van der Waals surface area contributed by atoms with Gasteiger partial charge in [-0.05, 0) is 25.2 Å². The van der Waals surface area contributed by atoms with E-state index in [9.17, 15) is 9.59 Å². The van der Waals surface area contributed by atoms with E-state index in [4.69, 9.17) is 0 Å². The number of likely N-dealkylation sites (N-methyl/N-ethyl adjacent to an activating group) is 1. The van der Waals surface area contributed by atoms with Gasteiger partial charge in [-0.1, -0.05) is 42.5 Å². The molecule has 0 atom stereocenters. The summed E-state index contributed by atoms with van der Waals surface area (Å²) in [5.74, 6) is -0.281. The van der Waals surface area contributed by atoms with Gasteiger partial charge >= 0.3 is 0 Å². The number of nitrogens with zero attached hydrogens (tertiary/aromatic N) is 4. The van der Waals surface area contributed by atoms with Crippen molar-refractivity contribution < 1.29 is 4.79 Å². The Bertz CT molecular complexity index is 1070. The molecule has 1 N–H and O–H groups in total. The molecule has 1 saturated heterocycles. The summed E-state index contributed by atoms with van der Waals surface area (Å²) in [7, 11) is 2.11. The predicted molar refractivity (Wildman–Crippen MR) is 119 cm³/mol. The number of carbonyl (C=O) groups is 1. The van der Waals surface area contributed by atoms with Crippen molar-refractivity contribution in [2.75, 3.05) is 43.4 Å². The number of para-hydroxylation sites is 2. The van der Waals surface area contributed by atoms with Crippen molar-refractivity contribution in [3.05, 3.63) is 77.1 Å². The number of benzene rings is 2. The molecule has 3 aromatic rings. The molecule has 0 unspecified atom stereocenters. The van der Waals surface area contributed by atoms with Crippen LogP contribution >= 0.6 is 0 Å². The molecule has 1 amide bonds. The fourth-order valence-corrected chi connectivity index (χ4v) is 3.55. The maximum atomic E-state index is 12.7. The van der Waals surface area contributed by atoms with Crippen molar-refractivity contribution in [3.63, 3.8) is 0 Å². The van der Waals surface area contributed by atoms with E-state index < -0.39 is 0 Å². The number of hydrogen-bond acceptors (Lipinski definition) is 5. The van der Waals surface area contributed by atoms with Crippen LogP contribution in [0.15, 0.2) is 71.5 Å². The second-order valence-electron chi connectivity index (χ2n) is 7.44. The molecule has 1 fully saturated rings. The van der Waals surface area contributed by atoms with Crippen LogP contribution < -0.4 is 15.8 Å². The van der Waals surface area contributed by atoms with Crippen LogP contribution in [0.2, 0.25) is 0 Å². The standard InChI is InChI=1S/C23H25N5O2/c1-26-13-15-27(16-14-26)21-10-6-5-9-20(21)24-22(29)17-28-23(30)12-11-19(25-28)18-7-3-2-4-8-18/h2-12H,13-17H2,1H3,(H,24,29). The van der Waals surface area contributed by atoms with Gasteiger partial charge in [0.15, 0.2) is 0 Å². The van der Waals surface area contributed by atoms with Crippen molar-refractivity contribution in [2.45, 2.75) is 6.54 Å². The second-order valence-corrected chi connectivity index (χ2v) is 7.44. The summed E-state index contributed by atoms with van der Waals surface area (Å²) in [5, 5.41) is 7.33. The number of nitrogens with one attached hydrogen (secondary N) is 1. The van der Waals surface area contributed by atoms with E-state index in [-0.39, 0.29) is 18.0 Å². The highest BCUT2D eigenvalue weighted by Gasteiger charge is 2.18. The minimum absolute atomic E-state index is 0.142. The van der Waals surface area contributed by atoms with Crippen LogP contribution in [-0.2, 0) is 11.3 Å². The van der Waals surface area contributed by atoms with Gasteiger partial charge in [-0.25, -0.2) is 4.68 Å². The third kappa shape index (κ3) is 4.58. The molecule has 1 aliphatic heterocycles. The van der Waals surface area contributed by atoms with E-state index in [1.165, 1.54) is 10.7 Å². The Morgan fingerprint density at radius 3 is 2.40 bits per heavy atom. The van der Waals surface area contributed by atoms with Crippen molar-refractivity contribution in [1.29, 1.82) is 0 Å². The molecular formula is C23H25N5O2. The lowest BCUT2D eigenvalue weighted by molar-refractivity contribution is -0.117. The van der Waals surface area contributed by atoms with Gasteiger partial charge in [0, 0.05) is 37.8 Å². The summed E-state index contributed by atoms with van der Waals surface area (Å²) in [6.07, 6.45) is 0. The van der Waals surface area contributed by atoms with Gasteiger partial charge in [0.2, 0.25) is 5.91 Å².